The van der Waals surface area contributed by atoms with Gasteiger partial charge in [0, 0.05) is 37.0 Å². The minimum absolute atomic E-state index is 0.0665. The molecule has 6 bridgehead atoms. The summed E-state index contributed by atoms with van der Waals surface area (Å²) in [6.45, 7) is 13.8. The van der Waals surface area contributed by atoms with E-state index in [1.54, 1.807) is 18.2 Å². The Morgan fingerprint density at radius 3 is 2.54 bits per heavy atom. The number of ether oxygens (including phenoxy) is 4. The van der Waals surface area contributed by atoms with Gasteiger partial charge in [-0.3, -0.25) is 4.40 Å². The number of esters is 1. The van der Waals surface area contributed by atoms with E-state index in [2.05, 4.69) is 27.8 Å². The maximum Gasteiger partial charge on any atom is 0.339 e. The largest absolute Gasteiger partial charge is 0.490 e. The van der Waals surface area contributed by atoms with Gasteiger partial charge < -0.3 is 23.8 Å². The Labute approximate surface area is 301 Å². The summed E-state index contributed by atoms with van der Waals surface area (Å²) < 4.78 is 57.5. The minimum atomic E-state index is -1.02. The highest BCUT2D eigenvalue weighted by atomic mass is 79.9. The molecule has 0 saturated carbocycles. The summed E-state index contributed by atoms with van der Waals surface area (Å²) in [5.41, 5.74) is 3.02. The second-order valence-corrected chi connectivity index (χ2v) is 15.4. The smallest absolute Gasteiger partial charge is 0.339 e. The van der Waals surface area contributed by atoms with Crippen LogP contribution >= 0.6 is 15.9 Å². The Bertz CT molecular complexity index is 1900. The van der Waals surface area contributed by atoms with E-state index in [1.165, 1.54) is 13.2 Å². The molecule has 2 aromatic heterocycles. The zero-order chi connectivity index (χ0) is 36.0. The summed E-state index contributed by atoms with van der Waals surface area (Å²) >= 11 is 3.81. The molecule has 2 atom stereocenters. The third-order valence-corrected chi connectivity index (χ3v) is 10.6. The molecule has 268 valence electrons. The van der Waals surface area contributed by atoms with Crippen molar-refractivity contribution in [2.75, 3.05) is 31.7 Å². The fourth-order valence-corrected chi connectivity index (χ4v) is 7.43. The van der Waals surface area contributed by atoms with Crippen LogP contribution in [-0.2, 0) is 19.0 Å². The number of nitrogens with zero attached hydrogens (tertiary/aromatic N) is 3. The van der Waals surface area contributed by atoms with E-state index in [-0.39, 0.29) is 23.0 Å². The highest BCUT2D eigenvalue weighted by molar-refractivity contribution is 9.10. The van der Waals surface area contributed by atoms with Crippen LogP contribution in [0.25, 0.3) is 28.0 Å². The van der Waals surface area contributed by atoms with Crippen molar-refractivity contribution in [2.45, 2.75) is 97.1 Å². The predicted octanol–water partition coefficient (Wildman–Crippen LogP) is 9.37. The van der Waals surface area contributed by atoms with Crippen molar-refractivity contribution in [3.05, 3.63) is 69.8 Å². The number of piperidine rings is 1. The number of hydrogen-bond acceptors (Lipinski definition) is 7. The van der Waals surface area contributed by atoms with Gasteiger partial charge in [0.05, 0.1) is 40.1 Å². The lowest BCUT2D eigenvalue weighted by molar-refractivity contribution is -0.164. The molecule has 4 aromatic rings. The van der Waals surface area contributed by atoms with Crippen LogP contribution in [0.5, 0.6) is 5.75 Å². The summed E-state index contributed by atoms with van der Waals surface area (Å²) in [4.78, 5) is 20.9. The van der Waals surface area contributed by atoms with E-state index in [0.717, 1.165) is 49.6 Å². The van der Waals surface area contributed by atoms with Crippen LogP contribution in [0.4, 0.5) is 14.6 Å². The molecule has 1 saturated heterocycles. The summed E-state index contributed by atoms with van der Waals surface area (Å²) in [6, 6.07) is 9.85. The van der Waals surface area contributed by atoms with Gasteiger partial charge in [-0.15, -0.1) is 0 Å². The number of pyridine rings is 1. The maximum absolute atomic E-state index is 15.6. The highest BCUT2D eigenvalue weighted by Gasteiger charge is 2.38. The molecule has 11 heteroatoms. The monoisotopic (exact) mass is 753 g/mol. The average molecular weight is 755 g/mol. The number of halogens is 3. The number of aromatic nitrogens is 2. The first kappa shape index (κ1) is 36.3. The zero-order valence-electron chi connectivity index (χ0n) is 29.9. The Morgan fingerprint density at radius 1 is 1.12 bits per heavy atom. The highest BCUT2D eigenvalue weighted by Crippen LogP contribution is 2.43. The lowest BCUT2D eigenvalue weighted by Crippen LogP contribution is -2.45. The topological polar surface area (TPSA) is 74.5 Å². The molecule has 3 aliphatic rings. The van der Waals surface area contributed by atoms with Crippen LogP contribution in [0.1, 0.15) is 84.0 Å². The standard InChI is InChI=1S/C39H46BrF2N3O5/c1-23-11-8-9-20-48-39(6)16-18-44(19-17-39)36-30(34(37(46)47-7)50-38(3,4)5)24(2)32(40)35-43-28(22-45(35)36)25-12-10-13-26(21-25)31-29(49-23)15-14-27(41)33(31)42/h10,12-15,21-23,34H,8-9,11,16-20H2,1-7H3/t23-,34-/m0/s1. The van der Waals surface area contributed by atoms with E-state index in [9.17, 15) is 9.18 Å². The van der Waals surface area contributed by atoms with Crippen molar-refractivity contribution >= 4 is 33.4 Å². The third kappa shape index (κ3) is 7.27. The van der Waals surface area contributed by atoms with Gasteiger partial charge >= 0.3 is 5.97 Å². The van der Waals surface area contributed by atoms with E-state index < -0.39 is 29.3 Å². The number of rotatable bonds is 3. The summed E-state index contributed by atoms with van der Waals surface area (Å²) in [6.07, 6.45) is 4.71. The van der Waals surface area contributed by atoms with E-state index in [4.69, 9.17) is 23.9 Å². The van der Waals surface area contributed by atoms with Gasteiger partial charge in [-0.2, -0.15) is 0 Å². The molecule has 0 N–H and O–H groups in total. The molecule has 0 amide bonds. The van der Waals surface area contributed by atoms with Crippen molar-refractivity contribution < 1.29 is 32.5 Å². The average Bonchev–Trinajstić information content (AvgIpc) is 3.52. The normalized spacial score (nSPS) is 20.8. The zero-order valence-corrected chi connectivity index (χ0v) is 31.5. The second-order valence-electron chi connectivity index (χ2n) is 14.7. The number of carbonyl (C=O) groups excluding carboxylic acids is 1. The number of methoxy groups -OCH3 is 1. The summed E-state index contributed by atoms with van der Waals surface area (Å²) in [5, 5.41) is 0. The lowest BCUT2D eigenvalue weighted by Gasteiger charge is -2.42. The summed E-state index contributed by atoms with van der Waals surface area (Å²) in [7, 11) is 1.37. The molecule has 0 unspecified atom stereocenters. The molecule has 8 nitrogen and oxygen atoms in total. The van der Waals surface area contributed by atoms with Crippen LogP contribution in [0.15, 0.2) is 47.1 Å². The molecule has 5 heterocycles. The van der Waals surface area contributed by atoms with Crippen molar-refractivity contribution in [3.8, 4) is 28.1 Å². The van der Waals surface area contributed by atoms with Crippen molar-refractivity contribution in [2.24, 2.45) is 0 Å². The number of hydrogen-bond donors (Lipinski definition) is 0. The molecule has 0 aliphatic carbocycles. The first-order chi connectivity index (χ1) is 23.7. The number of benzene rings is 2. The molecular formula is C39H46BrF2N3O5. The van der Waals surface area contributed by atoms with Gasteiger partial charge in [0.25, 0.3) is 0 Å². The van der Waals surface area contributed by atoms with Gasteiger partial charge in [-0.25, -0.2) is 18.6 Å². The quantitative estimate of drug-likeness (QED) is 0.193. The van der Waals surface area contributed by atoms with Crippen molar-refractivity contribution in [1.29, 1.82) is 0 Å². The van der Waals surface area contributed by atoms with E-state index in [1.807, 2.05) is 51.3 Å². The van der Waals surface area contributed by atoms with E-state index in [0.29, 0.717) is 52.2 Å². The Hall–Kier alpha value is -3.54. The molecule has 7 rings (SSSR count). The molecule has 50 heavy (non-hydrogen) atoms. The molecule has 0 spiro atoms. The van der Waals surface area contributed by atoms with Gasteiger partial charge in [0.2, 0.25) is 0 Å². The van der Waals surface area contributed by atoms with Gasteiger partial charge in [-0.1, -0.05) is 18.2 Å². The third-order valence-electron chi connectivity index (χ3n) is 9.66. The predicted molar refractivity (Wildman–Crippen MR) is 194 cm³/mol. The van der Waals surface area contributed by atoms with E-state index >= 15 is 4.39 Å². The Morgan fingerprint density at radius 2 is 1.84 bits per heavy atom. The fraction of sp³-hybridized carbons (Fsp3) is 0.487. The molecule has 2 aromatic carbocycles. The van der Waals surface area contributed by atoms with Crippen LogP contribution in [-0.4, -0.2) is 59.5 Å². The van der Waals surface area contributed by atoms with Gasteiger partial charge in [0.1, 0.15) is 11.6 Å². The summed E-state index contributed by atoms with van der Waals surface area (Å²) in [5.74, 6) is -1.35. The SMILES string of the molecule is COC(=O)[C@@H](OC(C)(C)C)c1c(C)c(Br)c2nc3cn2c1N1CCC(C)(CC1)OCCCC[C@H](C)Oc1ccc(F)c(F)c1-c1cccc-3c1. The van der Waals surface area contributed by atoms with Crippen LogP contribution in [0.3, 0.4) is 0 Å². The molecule has 1 fully saturated rings. The van der Waals surface area contributed by atoms with Crippen molar-refractivity contribution in [1.82, 2.24) is 9.38 Å². The first-order valence-electron chi connectivity index (χ1n) is 17.3. The lowest BCUT2D eigenvalue weighted by atomic mass is 9.92. The Balaban J connectivity index is 1.59. The van der Waals surface area contributed by atoms with Crippen LogP contribution in [0, 0.1) is 18.6 Å². The van der Waals surface area contributed by atoms with Crippen molar-refractivity contribution in [3.63, 3.8) is 0 Å². The number of carbonyl (C=O) groups is 1. The van der Waals surface area contributed by atoms with Crippen LogP contribution in [0.2, 0.25) is 0 Å². The number of fused-ring (bicyclic) bond motifs is 8. The minimum Gasteiger partial charge on any atom is -0.490 e. The molecule has 0 radical (unpaired) electrons. The second kappa shape index (κ2) is 14.2. The Kier molecular flexibility index (Phi) is 10.3. The maximum atomic E-state index is 15.6. The molecule has 3 aliphatic heterocycles. The molecular weight excluding hydrogens is 708 g/mol. The van der Waals surface area contributed by atoms with Gasteiger partial charge in [-0.05, 0) is 119 Å². The van der Waals surface area contributed by atoms with Crippen LogP contribution < -0.4 is 9.64 Å². The fourth-order valence-electron chi connectivity index (χ4n) is 6.94. The first-order valence-corrected chi connectivity index (χ1v) is 18.1. The number of imidazole rings is 1. The number of anilines is 1. The van der Waals surface area contributed by atoms with Gasteiger partial charge in [0.15, 0.2) is 23.4 Å².